The minimum Gasteiger partial charge on any atom is -0.494 e. The highest BCUT2D eigenvalue weighted by Crippen LogP contribution is 2.46. The quantitative estimate of drug-likeness (QED) is 0.393. The number of fused-ring (bicyclic) bond motifs is 1. The van der Waals surface area contributed by atoms with Crippen LogP contribution in [-0.2, 0) is 10.0 Å². The van der Waals surface area contributed by atoms with Crippen LogP contribution in [0.3, 0.4) is 0 Å². The van der Waals surface area contributed by atoms with Gasteiger partial charge in [0.1, 0.15) is 5.75 Å². The molecule has 2 aromatic carbocycles. The summed E-state index contributed by atoms with van der Waals surface area (Å²) in [5.41, 5.74) is 6.58. The van der Waals surface area contributed by atoms with Gasteiger partial charge in [0.15, 0.2) is 5.11 Å². The van der Waals surface area contributed by atoms with Gasteiger partial charge in [0, 0.05) is 36.2 Å². The molecule has 8 nitrogen and oxygen atoms in total. The van der Waals surface area contributed by atoms with Crippen LogP contribution in [0.25, 0.3) is 5.57 Å². The van der Waals surface area contributed by atoms with Crippen LogP contribution in [0.4, 0.5) is 17.1 Å². The van der Waals surface area contributed by atoms with Gasteiger partial charge in [-0.2, -0.15) is 0 Å². The number of rotatable bonds is 6. The molecule has 0 bridgehead atoms. The molecular weight excluding hydrogens is 530 g/mol. The molecule has 0 amide bonds. The molecule has 3 heterocycles. The first-order valence-corrected chi connectivity index (χ1v) is 14.9. The van der Waals surface area contributed by atoms with Crippen molar-refractivity contribution in [2.45, 2.75) is 38.4 Å². The van der Waals surface area contributed by atoms with Crippen LogP contribution in [0.15, 0.2) is 66.9 Å². The van der Waals surface area contributed by atoms with Gasteiger partial charge in [-0.25, -0.2) is 8.42 Å². The van der Waals surface area contributed by atoms with Crippen LogP contribution in [0.1, 0.15) is 49.7 Å². The minimum absolute atomic E-state index is 0.0874. The van der Waals surface area contributed by atoms with E-state index in [-0.39, 0.29) is 17.6 Å². The molecule has 0 aliphatic carbocycles. The lowest BCUT2D eigenvalue weighted by Gasteiger charge is -2.41. The number of hydrogen-bond acceptors (Lipinski definition) is 6. The molecule has 0 spiro atoms. The van der Waals surface area contributed by atoms with Crippen LogP contribution in [0.2, 0.25) is 0 Å². The van der Waals surface area contributed by atoms with Crippen molar-refractivity contribution in [3.05, 3.63) is 83.7 Å². The highest BCUT2D eigenvalue weighted by atomic mass is 32.2. The van der Waals surface area contributed by atoms with Gasteiger partial charge in [-0.15, -0.1) is 0 Å². The Kier molecular flexibility index (Phi) is 6.80. The maximum atomic E-state index is 11.9. The summed E-state index contributed by atoms with van der Waals surface area (Å²) in [5, 5.41) is 4.03. The number of methoxy groups -OCH3 is 1. The van der Waals surface area contributed by atoms with Gasteiger partial charge in [0.25, 0.3) is 0 Å². The third-order valence-corrected chi connectivity index (χ3v) is 8.34. The summed E-state index contributed by atoms with van der Waals surface area (Å²) in [6.07, 6.45) is 5.19. The second kappa shape index (κ2) is 9.84. The van der Waals surface area contributed by atoms with Gasteiger partial charge < -0.3 is 19.9 Å². The molecule has 10 heteroatoms. The fourth-order valence-corrected chi connectivity index (χ4v) is 6.36. The number of hydrogen-bond donors (Lipinski definition) is 2. The Hall–Kier alpha value is -3.63. The van der Waals surface area contributed by atoms with Gasteiger partial charge in [-0.3, -0.25) is 9.71 Å². The van der Waals surface area contributed by atoms with E-state index < -0.39 is 10.0 Å². The SMILES string of the molecule is COc1cc(N2C(=S)N[C@H](c3ccccn3)[C@@H]2c2ccc3c(c2)C(C)=CC(C)(C)N3C)ccc1NS(C)(=O)=O. The van der Waals surface area contributed by atoms with Gasteiger partial charge >= 0.3 is 0 Å². The number of nitrogens with zero attached hydrogens (tertiary/aromatic N) is 3. The van der Waals surface area contributed by atoms with E-state index in [9.17, 15) is 8.42 Å². The van der Waals surface area contributed by atoms with Gasteiger partial charge in [-0.1, -0.05) is 18.2 Å². The van der Waals surface area contributed by atoms with E-state index in [0.29, 0.717) is 16.5 Å². The number of ether oxygens (including phenoxy) is 1. The average molecular weight is 564 g/mol. The monoisotopic (exact) mass is 563 g/mol. The molecular formula is C29H33N5O3S2. The standard InChI is InChI=1S/C29H33N5O3S2/c1-18-17-29(2,3)33(4)24-13-10-19(15-21(18)24)27-26(23-9-7-8-14-30-23)31-28(38)34(27)20-11-12-22(25(16-20)37-5)32-39(6,35)36/h7-17,26-27,32H,1-6H3,(H,31,38)/t26-,27+/m1/s1. The summed E-state index contributed by atoms with van der Waals surface area (Å²) < 4.78 is 31.8. The van der Waals surface area contributed by atoms with Crippen molar-refractivity contribution >= 4 is 50.0 Å². The molecule has 3 aromatic rings. The molecule has 2 atom stereocenters. The van der Waals surface area contributed by atoms with E-state index in [1.807, 2.05) is 24.3 Å². The summed E-state index contributed by atoms with van der Waals surface area (Å²) in [6.45, 7) is 6.57. The topological polar surface area (TPSA) is 86.8 Å². The Bertz CT molecular complexity index is 1570. The van der Waals surface area contributed by atoms with Crippen molar-refractivity contribution in [2.24, 2.45) is 0 Å². The van der Waals surface area contributed by atoms with E-state index in [2.05, 4.69) is 76.9 Å². The summed E-state index contributed by atoms with van der Waals surface area (Å²) in [7, 11) is 0.155. The zero-order chi connectivity index (χ0) is 28.1. The van der Waals surface area contributed by atoms with Crippen LogP contribution >= 0.6 is 12.2 Å². The highest BCUT2D eigenvalue weighted by Gasteiger charge is 2.41. The van der Waals surface area contributed by atoms with E-state index in [1.54, 1.807) is 18.3 Å². The predicted molar refractivity (Wildman–Crippen MR) is 162 cm³/mol. The van der Waals surface area contributed by atoms with E-state index in [1.165, 1.54) is 23.9 Å². The highest BCUT2D eigenvalue weighted by molar-refractivity contribution is 7.92. The molecule has 1 aromatic heterocycles. The van der Waals surface area contributed by atoms with Crippen molar-refractivity contribution in [3.8, 4) is 5.75 Å². The number of nitrogens with one attached hydrogen (secondary N) is 2. The number of sulfonamides is 1. The van der Waals surface area contributed by atoms with Gasteiger partial charge in [-0.05, 0) is 80.5 Å². The molecule has 1 fully saturated rings. The van der Waals surface area contributed by atoms with Crippen LogP contribution in [0.5, 0.6) is 5.75 Å². The number of likely N-dealkylation sites (N-methyl/N-ethyl adjacent to an activating group) is 1. The summed E-state index contributed by atoms with van der Waals surface area (Å²) >= 11 is 5.88. The molecule has 2 aliphatic rings. The minimum atomic E-state index is -3.48. The van der Waals surface area contributed by atoms with E-state index in [4.69, 9.17) is 17.0 Å². The number of thiocarbonyl (C=S) groups is 1. The van der Waals surface area contributed by atoms with E-state index >= 15 is 0 Å². The Morgan fingerprint density at radius 1 is 1.13 bits per heavy atom. The fourth-order valence-electron chi connectivity index (χ4n) is 5.45. The van der Waals surface area contributed by atoms with Gasteiger partial charge in [0.05, 0.1) is 42.4 Å². The lowest BCUT2D eigenvalue weighted by Crippen LogP contribution is -2.42. The number of benzene rings is 2. The molecule has 1 saturated heterocycles. The maximum absolute atomic E-state index is 11.9. The Morgan fingerprint density at radius 2 is 1.90 bits per heavy atom. The third kappa shape index (κ3) is 5.06. The molecule has 0 radical (unpaired) electrons. The molecule has 204 valence electrons. The molecule has 2 aliphatic heterocycles. The maximum Gasteiger partial charge on any atom is 0.229 e. The lowest BCUT2D eigenvalue weighted by atomic mass is 9.86. The largest absolute Gasteiger partial charge is 0.494 e. The fraction of sp³-hybridized carbons (Fsp3) is 0.310. The molecule has 5 rings (SSSR count). The van der Waals surface area contributed by atoms with Crippen molar-refractivity contribution in [3.63, 3.8) is 0 Å². The summed E-state index contributed by atoms with van der Waals surface area (Å²) in [5.74, 6) is 0.397. The van der Waals surface area contributed by atoms with Crippen molar-refractivity contribution in [1.82, 2.24) is 10.3 Å². The zero-order valence-corrected chi connectivity index (χ0v) is 24.5. The number of pyridine rings is 1. The van der Waals surface area contributed by atoms with E-state index in [0.717, 1.165) is 23.2 Å². The normalized spacial score (nSPS) is 20.3. The van der Waals surface area contributed by atoms with Crippen molar-refractivity contribution < 1.29 is 13.2 Å². The average Bonchev–Trinajstić information content (AvgIpc) is 3.23. The number of allylic oxidation sites excluding steroid dienone is 1. The first kappa shape index (κ1) is 27.0. The zero-order valence-electron chi connectivity index (χ0n) is 22.9. The van der Waals surface area contributed by atoms with Crippen molar-refractivity contribution in [1.29, 1.82) is 0 Å². The first-order valence-electron chi connectivity index (χ1n) is 12.6. The van der Waals surface area contributed by atoms with Crippen LogP contribution in [0, 0.1) is 0 Å². The number of aromatic nitrogens is 1. The van der Waals surface area contributed by atoms with Crippen LogP contribution < -0.4 is 24.6 Å². The Labute approximate surface area is 235 Å². The second-order valence-electron chi connectivity index (χ2n) is 10.6. The Morgan fingerprint density at radius 3 is 2.56 bits per heavy atom. The van der Waals surface area contributed by atoms with Crippen LogP contribution in [-0.4, -0.2) is 44.5 Å². The smallest absolute Gasteiger partial charge is 0.229 e. The molecule has 2 N–H and O–H groups in total. The molecule has 0 saturated carbocycles. The molecule has 39 heavy (non-hydrogen) atoms. The van der Waals surface area contributed by atoms with Crippen molar-refractivity contribution in [2.75, 3.05) is 34.9 Å². The summed E-state index contributed by atoms with van der Waals surface area (Å²) in [6, 6.07) is 17.4. The third-order valence-electron chi connectivity index (χ3n) is 7.44. The molecule has 0 unspecified atom stereocenters. The predicted octanol–water partition coefficient (Wildman–Crippen LogP) is 5.27. The van der Waals surface area contributed by atoms with Gasteiger partial charge in [0.2, 0.25) is 10.0 Å². The summed E-state index contributed by atoms with van der Waals surface area (Å²) in [4.78, 5) is 9.00. The number of anilines is 3. The lowest BCUT2D eigenvalue weighted by molar-refractivity contribution is 0.417. The first-order chi connectivity index (χ1) is 18.4. The second-order valence-corrected chi connectivity index (χ2v) is 12.7. The Balaban J connectivity index is 1.64.